The Morgan fingerprint density at radius 3 is 2.36 bits per heavy atom. The Morgan fingerprint density at radius 2 is 1.74 bits per heavy atom. The van der Waals surface area contributed by atoms with Gasteiger partial charge >= 0.3 is 12.1 Å². The highest BCUT2D eigenvalue weighted by Gasteiger charge is 2.47. The van der Waals surface area contributed by atoms with Crippen LogP contribution in [0.3, 0.4) is 0 Å². The van der Waals surface area contributed by atoms with Gasteiger partial charge in [-0.3, -0.25) is 9.59 Å². The van der Waals surface area contributed by atoms with E-state index in [0.717, 1.165) is 22.3 Å². The largest absolute Gasteiger partial charge is 0.471 e. The Labute approximate surface area is 244 Å². The average molecular weight is 590 g/mol. The zero-order valence-electron chi connectivity index (χ0n) is 23.8. The zero-order chi connectivity index (χ0) is 30.4. The second-order valence-corrected chi connectivity index (χ2v) is 10.9. The molecule has 2 amide bonds. The predicted octanol–water partition coefficient (Wildman–Crippen LogP) is 4.26. The predicted molar refractivity (Wildman–Crippen MR) is 150 cm³/mol. The van der Waals surface area contributed by atoms with E-state index in [2.05, 4.69) is 23.7 Å². The van der Waals surface area contributed by atoms with Crippen LogP contribution < -0.4 is 5.32 Å². The fourth-order valence-corrected chi connectivity index (χ4v) is 5.48. The normalized spacial score (nSPS) is 24.5. The minimum absolute atomic E-state index is 0.0300. The summed E-state index contributed by atoms with van der Waals surface area (Å²) in [6.45, 7) is 7.24. The summed E-state index contributed by atoms with van der Waals surface area (Å²) in [6, 6.07) is 13.8. The first-order valence-corrected chi connectivity index (χ1v) is 14.1. The highest BCUT2D eigenvalue weighted by molar-refractivity contribution is 5.90. The monoisotopic (exact) mass is 589 g/mol. The van der Waals surface area contributed by atoms with Gasteiger partial charge in [-0.05, 0) is 36.6 Å². The third kappa shape index (κ3) is 7.57. The summed E-state index contributed by atoms with van der Waals surface area (Å²) >= 11 is 0. The number of nitrogens with zero attached hydrogens (tertiary/aromatic N) is 2. The van der Waals surface area contributed by atoms with Crippen molar-refractivity contribution < 1.29 is 37.3 Å². The molecule has 8 nitrogen and oxygen atoms in total. The number of aliphatic hydroxyl groups excluding tert-OH is 1. The molecule has 228 valence electrons. The molecule has 0 aliphatic carbocycles. The molecule has 2 N–H and O–H groups in total. The number of likely N-dealkylation sites (tertiary alicyclic amines) is 1. The molecule has 2 aromatic carbocycles. The number of carbonyl (C=O) groups excluding carboxylic acids is 2. The van der Waals surface area contributed by atoms with Crippen LogP contribution in [0.4, 0.5) is 13.2 Å². The van der Waals surface area contributed by atoms with E-state index in [1.807, 2.05) is 49.5 Å². The molecule has 0 bridgehead atoms. The lowest BCUT2D eigenvalue weighted by molar-refractivity contribution is -0.275. The molecule has 2 aliphatic rings. The number of benzene rings is 2. The molecule has 4 rings (SSSR count). The topological polar surface area (TPSA) is 91.3 Å². The number of hydrogen-bond acceptors (Lipinski definition) is 6. The lowest BCUT2D eigenvalue weighted by Crippen LogP contribution is -2.50. The van der Waals surface area contributed by atoms with E-state index in [1.165, 1.54) is 0 Å². The van der Waals surface area contributed by atoms with Crippen molar-refractivity contribution in [2.75, 3.05) is 26.7 Å². The third-order valence-corrected chi connectivity index (χ3v) is 7.83. The quantitative estimate of drug-likeness (QED) is 0.403. The van der Waals surface area contributed by atoms with Gasteiger partial charge in [0.2, 0.25) is 5.91 Å². The second-order valence-electron chi connectivity index (χ2n) is 10.9. The number of aliphatic hydroxyl groups is 1. The van der Waals surface area contributed by atoms with Crippen LogP contribution in [0.1, 0.15) is 54.4 Å². The maximum atomic E-state index is 12.9. The van der Waals surface area contributed by atoms with Gasteiger partial charge in [0.25, 0.3) is 0 Å². The number of rotatable bonds is 10. The Bertz CT molecular complexity index is 1220. The van der Waals surface area contributed by atoms with E-state index in [4.69, 9.17) is 9.47 Å². The summed E-state index contributed by atoms with van der Waals surface area (Å²) in [4.78, 5) is 27.1. The Kier molecular flexibility index (Phi) is 10.4. The summed E-state index contributed by atoms with van der Waals surface area (Å²) in [5.41, 5.74) is 3.31. The number of carbonyl (C=O) groups is 2. The SMILES string of the molecule is C=CCN(C)C[C@H]1O[C@@H](c2ccc(CNC(=O)[C@@H]3CCCN3C(=O)C(F)(F)F)cc2)O[C@@H](c2ccc(CO)cc2)[C@H]1C. The van der Waals surface area contributed by atoms with Crippen molar-refractivity contribution >= 4 is 11.8 Å². The molecule has 11 heteroatoms. The van der Waals surface area contributed by atoms with Crippen molar-refractivity contribution in [3.63, 3.8) is 0 Å². The van der Waals surface area contributed by atoms with Crippen LogP contribution >= 0.6 is 0 Å². The minimum atomic E-state index is -5.01. The fraction of sp³-hybridized carbons (Fsp3) is 0.484. The molecular weight excluding hydrogens is 551 g/mol. The summed E-state index contributed by atoms with van der Waals surface area (Å²) in [5.74, 6) is -2.56. The number of hydrogen-bond donors (Lipinski definition) is 2. The molecule has 0 unspecified atom stereocenters. The number of amides is 2. The molecule has 2 aliphatic heterocycles. The van der Waals surface area contributed by atoms with Crippen LogP contribution in [0.2, 0.25) is 0 Å². The maximum absolute atomic E-state index is 12.9. The Morgan fingerprint density at radius 1 is 1.10 bits per heavy atom. The average Bonchev–Trinajstić information content (AvgIpc) is 3.46. The van der Waals surface area contributed by atoms with E-state index in [9.17, 15) is 27.9 Å². The molecule has 0 aromatic heterocycles. The van der Waals surface area contributed by atoms with Gasteiger partial charge in [0.15, 0.2) is 6.29 Å². The summed E-state index contributed by atoms with van der Waals surface area (Å²) in [6.07, 6.45) is -3.71. The summed E-state index contributed by atoms with van der Waals surface area (Å²) in [5, 5.41) is 12.1. The molecule has 5 atom stereocenters. The lowest BCUT2D eigenvalue weighted by atomic mass is 9.90. The van der Waals surface area contributed by atoms with Crippen LogP contribution in [-0.2, 0) is 32.2 Å². The second kappa shape index (κ2) is 13.8. The lowest BCUT2D eigenvalue weighted by Gasteiger charge is -2.42. The maximum Gasteiger partial charge on any atom is 0.471 e. The number of halogens is 3. The van der Waals surface area contributed by atoms with Gasteiger partial charge < -0.3 is 29.7 Å². The molecule has 2 aromatic rings. The van der Waals surface area contributed by atoms with Gasteiger partial charge in [-0.15, -0.1) is 6.58 Å². The highest BCUT2D eigenvalue weighted by Crippen LogP contribution is 2.41. The third-order valence-electron chi connectivity index (χ3n) is 7.83. The highest BCUT2D eigenvalue weighted by atomic mass is 19.4. The van der Waals surface area contributed by atoms with Crippen molar-refractivity contribution in [1.82, 2.24) is 15.1 Å². The molecular formula is C31H38F3N3O5. The van der Waals surface area contributed by atoms with E-state index < -0.39 is 30.3 Å². The van der Waals surface area contributed by atoms with Gasteiger partial charge in [-0.1, -0.05) is 61.5 Å². The first kappa shape index (κ1) is 31.7. The van der Waals surface area contributed by atoms with E-state index in [0.29, 0.717) is 24.4 Å². The van der Waals surface area contributed by atoms with Crippen molar-refractivity contribution in [3.8, 4) is 0 Å². The standard InChI is InChI=1S/C31H38F3N3O5/c1-4-15-36(3)18-26-20(2)27(23-11-9-22(19-38)10-12-23)42-29(41-26)24-13-7-21(8-14-24)17-35-28(39)25-6-5-16-37(25)30(40)31(32,33)34/h4,7-14,20,25-27,29,38H,1,5-6,15-19H2,2-3H3,(H,35,39)/t20-,25-,26+,27+,29+/m0/s1. The van der Waals surface area contributed by atoms with E-state index in [1.54, 1.807) is 12.1 Å². The summed E-state index contributed by atoms with van der Waals surface area (Å²) in [7, 11) is 2.00. The molecule has 2 heterocycles. The first-order valence-electron chi connectivity index (χ1n) is 14.1. The number of alkyl halides is 3. The number of likely N-dealkylation sites (N-methyl/N-ethyl adjacent to an activating group) is 1. The first-order chi connectivity index (χ1) is 20.0. The van der Waals surface area contributed by atoms with Crippen LogP contribution in [0.5, 0.6) is 0 Å². The van der Waals surface area contributed by atoms with Crippen LogP contribution in [0, 0.1) is 5.92 Å². The smallest absolute Gasteiger partial charge is 0.392 e. The summed E-state index contributed by atoms with van der Waals surface area (Å²) < 4.78 is 51.6. The van der Waals surface area contributed by atoms with Crippen molar-refractivity contribution in [2.45, 2.75) is 63.6 Å². The van der Waals surface area contributed by atoms with Gasteiger partial charge in [0.1, 0.15) is 6.04 Å². The zero-order valence-corrected chi connectivity index (χ0v) is 23.8. The Balaban J connectivity index is 1.44. The van der Waals surface area contributed by atoms with Crippen molar-refractivity contribution in [2.24, 2.45) is 5.92 Å². The van der Waals surface area contributed by atoms with Crippen LogP contribution in [0.25, 0.3) is 0 Å². The van der Waals surface area contributed by atoms with Gasteiger partial charge in [0, 0.05) is 37.7 Å². The molecule has 0 spiro atoms. The van der Waals surface area contributed by atoms with Crippen molar-refractivity contribution in [3.05, 3.63) is 83.4 Å². The van der Waals surface area contributed by atoms with Crippen LogP contribution in [-0.4, -0.2) is 71.7 Å². The fourth-order valence-electron chi connectivity index (χ4n) is 5.48. The molecule has 0 radical (unpaired) electrons. The number of ether oxygens (including phenoxy) is 2. The minimum Gasteiger partial charge on any atom is -0.392 e. The number of nitrogens with one attached hydrogen (secondary N) is 1. The van der Waals surface area contributed by atoms with Crippen molar-refractivity contribution in [1.29, 1.82) is 0 Å². The molecule has 2 saturated heterocycles. The van der Waals surface area contributed by atoms with Crippen LogP contribution in [0.15, 0.2) is 61.2 Å². The molecule has 42 heavy (non-hydrogen) atoms. The van der Waals surface area contributed by atoms with Gasteiger partial charge in [-0.2, -0.15) is 13.2 Å². The van der Waals surface area contributed by atoms with Gasteiger partial charge in [0.05, 0.1) is 18.8 Å². The van der Waals surface area contributed by atoms with E-state index in [-0.39, 0.29) is 44.2 Å². The van der Waals surface area contributed by atoms with E-state index >= 15 is 0 Å². The Hall–Kier alpha value is -3.25. The molecule has 2 fully saturated rings. The van der Waals surface area contributed by atoms with Gasteiger partial charge in [-0.25, -0.2) is 0 Å². The molecule has 0 saturated carbocycles.